The summed E-state index contributed by atoms with van der Waals surface area (Å²) in [6.45, 7) is 4.32. The Bertz CT molecular complexity index is 726. The van der Waals surface area contributed by atoms with Crippen LogP contribution >= 0.6 is 0 Å². The lowest BCUT2D eigenvalue weighted by Gasteiger charge is -2.13. The maximum Gasteiger partial charge on any atom is 0.109 e. The Kier molecular flexibility index (Phi) is 2.82. The molecule has 0 radical (unpaired) electrons. The number of aromatic nitrogens is 3. The van der Waals surface area contributed by atoms with Gasteiger partial charge in [0.25, 0.3) is 0 Å². The molecule has 0 saturated heterocycles. The zero-order chi connectivity index (χ0) is 13.4. The summed E-state index contributed by atoms with van der Waals surface area (Å²) in [5.74, 6) is 0.349. The van der Waals surface area contributed by atoms with Crippen molar-refractivity contribution in [3.8, 4) is 11.4 Å². The lowest BCUT2D eigenvalue weighted by molar-refractivity contribution is 0.818. The molecule has 0 N–H and O–H groups in total. The van der Waals surface area contributed by atoms with Gasteiger partial charge < -0.3 is 4.57 Å². The van der Waals surface area contributed by atoms with E-state index in [1.54, 1.807) is 0 Å². The fourth-order valence-corrected chi connectivity index (χ4v) is 2.31. The molecule has 96 valence electrons. The van der Waals surface area contributed by atoms with Gasteiger partial charge in [-0.3, -0.25) is 0 Å². The largest absolute Gasteiger partial charge is 0.349 e. The molecule has 3 nitrogen and oxygen atoms in total. The standard InChI is InChI=1S/C16H17N3/c1-11(2)15-16(14-9-6-10-19(14)3)18-13-8-5-4-7-12(13)17-15/h4-11H,1-3H3. The van der Waals surface area contributed by atoms with Crippen molar-refractivity contribution in [2.24, 2.45) is 7.05 Å². The lowest BCUT2D eigenvalue weighted by atomic mass is 10.1. The van der Waals surface area contributed by atoms with Gasteiger partial charge in [-0.05, 0) is 30.2 Å². The Morgan fingerprint density at radius 1 is 0.947 bits per heavy atom. The Hall–Kier alpha value is -2.16. The van der Waals surface area contributed by atoms with Crippen LogP contribution < -0.4 is 0 Å². The fourth-order valence-electron chi connectivity index (χ4n) is 2.31. The molecule has 1 aromatic carbocycles. The van der Waals surface area contributed by atoms with E-state index in [2.05, 4.69) is 24.5 Å². The highest BCUT2D eigenvalue weighted by molar-refractivity contribution is 5.78. The van der Waals surface area contributed by atoms with E-state index < -0.39 is 0 Å². The molecule has 2 aromatic heterocycles. The quantitative estimate of drug-likeness (QED) is 0.694. The number of aryl methyl sites for hydroxylation is 1. The van der Waals surface area contributed by atoms with Crippen LogP contribution in [0.4, 0.5) is 0 Å². The summed E-state index contributed by atoms with van der Waals surface area (Å²) < 4.78 is 2.09. The number of hydrogen-bond donors (Lipinski definition) is 0. The van der Waals surface area contributed by atoms with Crippen molar-refractivity contribution in [2.75, 3.05) is 0 Å². The van der Waals surface area contributed by atoms with Crippen LogP contribution in [0, 0.1) is 0 Å². The van der Waals surface area contributed by atoms with Crippen LogP contribution in [0.5, 0.6) is 0 Å². The SMILES string of the molecule is CC(C)c1nc2ccccc2nc1-c1cccn1C. The van der Waals surface area contributed by atoms with Gasteiger partial charge in [-0.25, -0.2) is 9.97 Å². The van der Waals surface area contributed by atoms with Crippen molar-refractivity contribution >= 4 is 11.0 Å². The van der Waals surface area contributed by atoms with E-state index in [-0.39, 0.29) is 0 Å². The first-order valence-electron chi connectivity index (χ1n) is 6.55. The van der Waals surface area contributed by atoms with Gasteiger partial charge in [0.2, 0.25) is 0 Å². The molecule has 0 unspecified atom stereocenters. The van der Waals surface area contributed by atoms with E-state index in [0.29, 0.717) is 5.92 Å². The summed E-state index contributed by atoms with van der Waals surface area (Å²) in [5.41, 5.74) is 5.07. The van der Waals surface area contributed by atoms with Gasteiger partial charge in [-0.15, -0.1) is 0 Å². The van der Waals surface area contributed by atoms with Gasteiger partial charge in [0.15, 0.2) is 0 Å². The molecule has 0 aliphatic rings. The second kappa shape index (κ2) is 4.50. The number of hydrogen-bond acceptors (Lipinski definition) is 2. The maximum absolute atomic E-state index is 4.82. The Balaban J connectivity index is 2.33. The van der Waals surface area contributed by atoms with Crippen LogP contribution in [0.3, 0.4) is 0 Å². The second-order valence-corrected chi connectivity index (χ2v) is 5.11. The van der Waals surface area contributed by atoms with Crippen LogP contribution in [0.15, 0.2) is 42.6 Å². The molecule has 0 spiro atoms. The number of para-hydroxylation sites is 2. The third kappa shape index (κ3) is 2.01. The van der Waals surface area contributed by atoms with Crippen molar-refractivity contribution in [1.29, 1.82) is 0 Å². The minimum absolute atomic E-state index is 0.349. The summed E-state index contributed by atoms with van der Waals surface area (Å²) in [6, 6.07) is 12.2. The zero-order valence-electron chi connectivity index (χ0n) is 11.5. The van der Waals surface area contributed by atoms with E-state index >= 15 is 0 Å². The molecule has 0 fully saturated rings. The van der Waals surface area contributed by atoms with Crippen molar-refractivity contribution < 1.29 is 0 Å². The van der Waals surface area contributed by atoms with Crippen LogP contribution in [-0.2, 0) is 7.05 Å². The fraction of sp³-hybridized carbons (Fsp3) is 0.250. The van der Waals surface area contributed by atoms with Gasteiger partial charge in [-0.1, -0.05) is 26.0 Å². The minimum Gasteiger partial charge on any atom is -0.349 e. The summed E-state index contributed by atoms with van der Waals surface area (Å²) in [5, 5.41) is 0. The summed E-state index contributed by atoms with van der Waals surface area (Å²) >= 11 is 0. The smallest absolute Gasteiger partial charge is 0.109 e. The van der Waals surface area contributed by atoms with Crippen LogP contribution in [0.25, 0.3) is 22.4 Å². The van der Waals surface area contributed by atoms with Gasteiger partial charge in [0, 0.05) is 13.2 Å². The molecule has 2 heterocycles. The third-order valence-corrected chi connectivity index (χ3v) is 3.33. The van der Waals surface area contributed by atoms with E-state index in [9.17, 15) is 0 Å². The molecule has 0 saturated carbocycles. The highest BCUT2D eigenvalue weighted by atomic mass is 15.0. The molecule has 0 bridgehead atoms. The monoisotopic (exact) mass is 251 g/mol. The van der Waals surface area contributed by atoms with E-state index in [4.69, 9.17) is 9.97 Å². The number of rotatable bonds is 2. The highest BCUT2D eigenvalue weighted by Gasteiger charge is 2.15. The van der Waals surface area contributed by atoms with Crippen LogP contribution in [0.1, 0.15) is 25.5 Å². The number of benzene rings is 1. The first kappa shape index (κ1) is 11.9. The lowest BCUT2D eigenvalue weighted by Crippen LogP contribution is -2.03. The molecule has 0 amide bonds. The average molecular weight is 251 g/mol. The molecule has 0 atom stereocenters. The summed E-state index contributed by atoms with van der Waals surface area (Å²) in [6.07, 6.45) is 2.04. The Labute approximate surface area is 112 Å². The molecule has 19 heavy (non-hydrogen) atoms. The second-order valence-electron chi connectivity index (χ2n) is 5.11. The van der Waals surface area contributed by atoms with Crippen molar-refractivity contribution in [1.82, 2.24) is 14.5 Å². The van der Waals surface area contributed by atoms with Gasteiger partial charge in [0.1, 0.15) is 5.69 Å². The summed E-state index contributed by atoms with van der Waals surface area (Å²) in [7, 11) is 2.04. The zero-order valence-corrected chi connectivity index (χ0v) is 11.5. The van der Waals surface area contributed by atoms with Crippen LogP contribution in [0.2, 0.25) is 0 Å². The highest BCUT2D eigenvalue weighted by Crippen LogP contribution is 2.28. The van der Waals surface area contributed by atoms with Crippen molar-refractivity contribution in [3.63, 3.8) is 0 Å². The average Bonchev–Trinajstić information content (AvgIpc) is 2.83. The number of nitrogens with zero attached hydrogens (tertiary/aromatic N) is 3. The maximum atomic E-state index is 4.82. The topological polar surface area (TPSA) is 30.7 Å². The van der Waals surface area contributed by atoms with Crippen molar-refractivity contribution in [3.05, 3.63) is 48.3 Å². The van der Waals surface area contributed by atoms with Crippen LogP contribution in [-0.4, -0.2) is 14.5 Å². The molecular formula is C16H17N3. The Morgan fingerprint density at radius 2 is 1.63 bits per heavy atom. The predicted octanol–water partition coefficient (Wildman–Crippen LogP) is 3.76. The Morgan fingerprint density at radius 3 is 2.21 bits per heavy atom. The molecule has 0 aliphatic heterocycles. The normalized spacial score (nSPS) is 11.4. The van der Waals surface area contributed by atoms with E-state index in [1.807, 2.05) is 43.6 Å². The summed E-state index contributed by atoms with van der Waals surface area (Å²) in [4.78, 5) is 9.61. The van der Waals surface area contributed by atoms with Gasteiger partial charge in [-0.2, -0.15) is 0 Å². The predicted molar refractivity (Wildman–Crippen MR) is 78.0 cm³/mol. The molecule has 0 aliphatic carbocycles. The first-order chi connectivity index (χ1) is 9.16. The molecule has 3 heteroatoms. The number of fused-ring (bicyclic) bond motifs is 1. The first-order valence-corrected chi connectivity index (χ1v) is 6.55. The minimum atomic E-state index is 0.349. The third-order valence-electron chi connectivity index (χ3n) is 3.33. The van der Waals surface area contributed by atoms with Gasteiger partial charge in [0.05, 0.1) is 22.4 Å². The molecule has 3 rings (SSSR count). The molecule has 3 aromatic rings. The van der Waals surface area contributed by atoms with Gasteiger partial charge >= 0.3 is 0 Å². The van der Waals surface area contributed by atoms with Crippen molar-refractivity contribution in [2.45, 2.75) is 19.8 Å². The van der Waals surface area contributed by atoms with E-state index in [0.717, 1.165) is 28.1 Å². The van der Waals surface area contributed by atoms with E-state index in [1.165, 1.54) is 0 Å². The molecular weight excluding hydrogens is 234 g/mol.